The van der Waals surface area contributed by atoms with Gasteiger partial charge in [0.2, 0.25) is 0 Å². The zero-order chi connectivity index (χ0) is 21.5. The number of fused-ring (bicyclic) bond motifs is 1. The molecule has 0 fully saturated rings. The van der Waals surface area contributed by atoms with Crippen LogP contribution in [0.1, 0.15) is 28.7 Å². The number of aromatic nitrogens is 1. The first-order chi connectivity index (χ1) is 15.2. The lowest BCUT2D eigenvalue weighted by molar-refractivity contribution is -0.139. The molecule has 0 spiro atoms. The minimum Gasteiger partial charge on any atom is -0.482 e. The molecule has 6 nitrogen and oxygen atoms in total. The lowest BCUT2D eigenvalue weighted by Crippen LogP contribution is -2.20. The highest BCUT2D eigenvalue weighted by atomic mass is 16.6. The number of pyridine rings is 1. The van der Waals surface area contributed by atoms with Crippen molar-refractivity contribution in [3.63, 3.8) is 0 Å². The Kier molecular flexibility index (Phi) is 6.57. The predicted octanol–water partition coefficient (Wildman–Crippen LogP) is 4.12. The molecule has 1 unspecified atom stereocenters. The lowest BCUT2D eigenvalue weighted by atomic mass is 9.84. The number of carbonyl (C=O) groups is 1. The van der Waals surface area contributed by atoms with Gasteiger partial charge in [0.25, 0.3) is 0 Å². The fourth-order valence-electron chi connectivity index (χ4n) is 3.85. The SMILES string of the molecule is O=C(O)COc1cccc2c1CCC(CO/N=C(/c1ccccc1)c1ccncc1)C2. The lowest BCUT2D eigenvalue weighted by Gasteiger charge is -2.25. The number of oxime groups is 1. The Morgan fingerprint density at radius 2 is 1.81 bits per heavy atom. The standard InChI is InChI=1S/C25H24N2O4/c28-24(29)17-30-23-8-4-7-21-15-18(9-10-22(21)23)16-31-27-25(19-5-2-1-3-6-19)20-11-13-26-14-12-20/h1-8,11-14,18H,9-10,15-17H2,(H,28,29)/b27-25-. The molecule has 0 bridgehead atoms. The Morgan fingerprint density at radius 3 is 2.58 bits per heavy atom. The third-order valence-corrected chi connectivity index (χ3v) is 5.36. The molecule has 158 valence electrons. The minimum atomic E-state index is -0.971. The van der Waals surface area contributed by atoms with Gasteiger partial charge in [0, 0.05) is 29.4 Å². The van der Waals surface area contributed by atoms with Crippen molar-refractivity contribution >= 4 is 11.7 Å². The van der Waals surface area contributed by atoms with Crippen molar-refractivity contribution in [3.05, 3.63) is 95.3 Å². The summed E-state index contributed by atoms with van der Waals surface area (Å²) >= 11 is 0. The summed E-state index contributed by atoms with van der Waals surface area (Å²) in [6.45, 7) is 0.191. The van der Waals surface area contributed by atoms with Crippen LogP contribution in [0.25, 0.3) is 0 Å². The van der Waals surface area contributed by atoms with Crippen molar-refractivity contribution < 1.29 is 19.5 Å². The topological polar surface area (TPSA) is 81.0 Å². The van der Waals surface area contributed by atoms with E-state index in [2.05, 4.69) is 16.2 Å². The highest BCUT2D eigenvalue weighted by Crippen LogP contribution is 2.32. The van der Waals surface area contributed by atoms with E-state index in [1.54, 1.807) is 12.4 Å². The van der Waals surface area contributed by atoms with Gasteiger partial charge in [-0.05, 0) is 48.6 Å². The van der Waals surface area contributed by atoms with Crippen LogP contribution in [0.15, 0.2) is 78.2 Å². The third kappa shape index (κ3) is 5.28. The van der Waals surface area contributed by atoms with E-state index in [9.17, 15) is 4.79 Å². The van der Waals surface area contributed by atoms with Crippen LogP contribution in [0.2, 0.25) is 0 Å². The second kappa shape index (κ2) is 9.89. The summed E-state index contributed by atoms with van der Waals surface area (Å²) in [5.74, 6) is 0.0303. The molecule has 1 N–H and O–H groups in total. The fraction of sp³-hybridized carbons (Fsp3) is 0.240. The van der Waals surface area contributed by atoms with E-state index in [1.165, 1.54) is 5.56 Å². The summed E-state index contributed by atoms with van der Waals surface area (Å²) in [4.78, 5) is 20.7. The molecule has 0 saturated carbocycles. The summed E-state index contributed by atoms with van der Waals surface area (Å²) in [6, 6.07) is 19.6. The normalized spacial score (nSPS) is 15.7. The quantitative estimate of drug-likeness (QED) is 0.441. The highest BCUT2D eigenvalue weighted by molar-refractivity contribution is 6.12. The van der Waals surface area contributed by atoms with Gasteiger partial charge in [-0.25, -0.2) is 4.79 Å². The van der Waals surface area contributed by atoms with Gasteiger partial charge >= 0.3 is 5.97 Å². The van der Waals surface area contributed by atoms with Gasteiger partial charge in [0.15, 0.2) is 6.61 Å². The van der Waals surface area contributed by atoms with Crippen LogP contribution < -0.4 is 4.74 Å². The summed E-state index contributed by atoms with van der Waals surface area (Å²) in [5.41, 5.74) is 5.01. The van der Waals surface area contributed by atoms with Crippen molar-refractivity contribution in [3.8, 4) is 5.75 Å². The van der Waals surface area contributed by atoms with E-state index in [-0.39, 0.29) is 6.61 Å². The van der Waals surface area contributed by atoms with Crippen LogP contribution in [-0.2, 0) is 22.5 Å². The van der Waals surface area contributed by atoms with Crippen molar-refractivity contribution in [1.29, 1.82) is 0 Å². The van der Waals surface area contributed by atoms with E-state index in [4.69, 9.17) is 14.7 Å². The Morgan fingerprint density at radius 1 is 1.03 bits per heavy atom. The van der Waals surface area contributed by atoms with Gasteiger partial charge in [-0.2, -0.15) is 0 Å². The minimum absolute atomic E-state index is 0.324. The molecule has 1 aromatic heterocycles. The summed E-state index contributed by atoms with van der Waals surface area (Å²) in [7, 11) is 0. The van der Waals surface area contributed by atoms with E-state index < -0.39 is 5.97 Å². The molecule has 1 aliphatic carbocycles. The highest BCUT2D eigenvalue weighted by Gasteiger charge is 2.22. The number of rotatable bonds is 8. The molecule has 0 aliphatic heterocycles. The molecular weight excluding hydrogens is 392 g/mol. The molecule has 1 atom stereocenters. The Bertz CT molecular complexity index is 1010. The molecule has 31 heavy (non-hydrogen) atoms. The van der Waals surface area contributed by atoms with E-state index in [0.29, 0.717) is 18.3 Å². The van der Waals surface area contributed by atoms with Crippen molar-refractivity contribution in [1.82, 2.24) is 4.98 Å². The second-order valence-corrected chi connectivity index (χ2v) is 7.52. The van der Waals surface area contributed by atoms with Gasteiger partial charge < -0.3 is 14.7 Å². The average molecular weight is 416 g/mol. The first-order valence-electron chi connectivity index (χ1n) is 10.3. The number of nitrogens with zero attached hydrogens (tertiary/aromatic N) is 2. The van der Waals surface area contributed by atoms with Gasteiger partial charge in [-0.1, -0.05) is 47.6 Å². The number of aliphatic carboxylic acids is 1. The zero-order valence-electron chi connectivity index (χ0n) is 17.1. The van der Waals surface area contributed by atoms with Crippen molar-refractivity contribution in [2.75, 3.05) is 13.2 Å². The predicted molar refractivity (Wildman–Crippen MR) is 117 cm³/mol. The van der Waals surface area contributed by atoms with Crippen LogP contribution in [-0.4, -0.2) is 35.0 Å². The maximum absolute atomic E-state index is 10.8. The number of hydrogen-bond acceptors (Lipinski definition) is 5. The molecule has 1 heterocycles. The maximum atomic E-state index is 10.8. The van der Waals surface area contributed by atoms with Crippen LogP contribution in [0.3, 0.4) is 0 Å². The smallest absolute Gasteiger partial charge is 0.341 e. The van der Waals surface area contributed by atoms with Gasteiger partial charge in [-0.15, -0.1) is 0 Å². The van der Waals surface area contributed by atoms with E-state index >= 15 is 0 Å². The van der Waals surface area contributed by atoms with Crippen LogP contribution in [0, 0.1) is 5.92 Å². The fourth-order valence-corrected chi connectivity index (χ4v) is 3.85. The molecule has 1 aliphatic rings. The molecular formula is C25H24N2O4. The van der Waals surface area contributed by atoms with E-state index in [1.807, 2.05) is 54.6 Å². The first kappa shape index (κ1) is 20.6. The summed E-state index contributed by atoms with van der Waals surface area (Å²) < 4.78 is 5.45. The van der Waals surface area contributed by atoms with Crippen LogP contribution in [0.4, 0.5) is 0 Å². The second-order valence-electron chi connectivity index (χ2n) is 7.52. The number of ether oxygens (including phenoxy) is 1. The average Bonchev–Trinajstić information content (AvgIpc) is 2.81. The van der Waals surface area contributed by atoms with Gasteiger partial charge in [0.1, 0.15) is 18.1 Å². The van der Waals surface area contributed by atoms with Gasteiger partial charge in [-0.3, -0.25) is 4.98 Å². The Hall–Kier alpha value is -3.67. The maximum Gasteiger partial charge on any atom is 0.341 e. The van der Waals surface area contributed by atoms with Crippen molar-refractivity contribution in [2.45, 2.75) is 19.3 Å². The largest absolute Gasteiger partial charge is 0.482 e. The molecule has 6 heteroatoms. The Balaban J connectivity index is 1.44. The molecule has 0 amide bonds. The van der Waals surface area contributed by atoms with Crippen molar-refractivity contribution in [2.24, 2.45) is 11.1 Å². The summed E-state index contributed by atoms with van der Waals surface area (Å²) in [6.07, 6.45) is 6.11. The Labute approximate surface area is 181 Å². The number of carboxylic acid groups (broad SMARTS) is 1. The number of benzene rings is 2. The molecule has 0 saturated heterocycles. The molecule has 4 rings (SSSR count). The van der Waals surface area contributed by atoms with E-state index in [0.717, 1.165) is 41.7 Å². The number of carboxylic acids is 1. The zero-order valence-corrected chi connectivity index (χ0v) is 17.1. The molecule has 0 radical (unpaired) electrons. The molecule has 3 aromatic rings. The van der Waals surface area contributed by atoms with Crippen LogP contribution in [0.5, 0.6) is 5.75 Å². The van der Waals surface area contributed by atoms with Crippen LogP contribution >= 0.6 is 0 Å². The number of hydrogen-bond donors (Lipinski definition) is 1. The summed E-state index contributed by atoms with van der Waals surface area (Å²) in [5, 5.41) is 13.3. The first-order valence-corrected chi connectivity index (χ1v) is 10.3. The van der Waals surface area contributed by atoms with Gasteiger partial charge in [0.05, 0.1) is 0 Å². The monoisotopic (exact) mass is 416 g/mol. The molecule has 2 aromatic carbocycles. The third-order valence-electron chi connectivity index (χ3n) is 5.36.